The van der Waals surface area contributed by atoms with Gasteiger partial charge in [0.15, 0.2) is 17.7 Å². The van der Waals surface area contributed by atoms with Gasteiger partial charge in [0.2, 0.25) is 0 Å². The molecule has 0 bridgehead atoms. The normalized spacial score (nSPS) is 28.5. The van der Waals surface area contributed by atoms with E-state index in [0.29, 0.717) is 22.7 Å². The maximum atomic E-state index is 10.1. The summed E-state index contributed by atoms with van der Waals surface area (Å²) in [6.45, 7) is -0.393. The Morgan fingerprint density at radius 2 is 2.14 bits per heavy atom. The standard InChI is InChI=1S/C12H17N5O4S/c1-22-3-6-15-10(13)7-11(16-6)17(4-14-7)12-9(20)8(19)5(2-18)21-12/h4-5,8-9,12,18-20H,2-3H2,1H3,(H2,13,15,16)/t5-,8?,9?,12-/m1/s1. The molecule has 0 saturated carbocycles. The molecule has 0 spiro atoms. The minimum atomic E-state index is -1.20. The Kier molecular flexibility index (Phi) is 4.19. The second-order valence-electron chi connectivity index (χ2n) is 5.01. The molecule has 0 aliphatic carbocycles. The van der Waals surface area contributed by atoms with Crippen LogP contribution in [-0.2, 0) is 10.5 Å². The molecule has 9 nitrogen and oxygen atoms in total. The van der Waals surface area contributed by atoms with Crippen LogP contribution in [0.4, 0.5) is 5.82 Å². The molecule has 3 rings (SSSR count). The molecule has 0 radical (unpaired) electrons. The first-order valence-corrected chi connectivity index (χ1v) is 8.06. The fourth-order valence-electron chi connectivity index (χ4n) is 2.47. The number of hydrogen-bond donors (Lipinski definition) is 4. The van der Waals surface area contributed by atoms with E-state index < -0.39 is 31.1 Å². The lowest BCUT2D eigenvalue weighted by Gasteiger charge is -2.16. The minimum absolute atomic E-state index is 0.250. The molecule has 2 unspecified atom stereocenters. The number of thioether (sulfide) groups is 1. The van der Waals surface area contributed by atoms with Gasteiger partial charge in [0, 0.05) is 0 Å². The van der Waals surface area contributed by atoms with E-state index in [0.717, 1.165) is 0 Å². The molecule has 4 atom stereocenters. The summed E-state index contributed by atoms with van der Waals surface area (Å²) in [4.78, 5) is 12.7. The van der Waals surface area contributed by atoms with E-state index in [9.17, 15) is 15.3 Å². The monoisotopic (exact) mass is 327 g/mol. The average molecular weight is 327 g/mol. The van der Waals surface area contributed by atoms with Crippen LogP contribution in [0.1, 0.15) is 12.1 Å². The summed E-state index contributed by atoms with van der Waals surface area (Å²) < 4.78 is 6.99. The number of nitrogens with zero attached hydrogens (tertiary/aromatic N) is 4. The zero-order valence-electron chi connectivity index (χ0n) is 11.8. The minimum Gasteiger partial charge on any atom is -0.394 e. The number of fused-ring (bicyclic) bond motifs is 1. The van der Waals surface area contributed by atoms with Crippen molar-refractivity contribution in [2.45, 2.75) is 30.3 Å². The van der Waals surface area contributed by atoms with Crippen LogP contribution in [0.15, 0.2) is 6.33 Å². The van der Waals surface area contributed by atoms with Crippen LogP contribution in [-0.4, -0.2) is 66.0 Å². The van der Waals surface area contributed by atoms with Gasteiger partial charge >= 0.3 is 0 Å². The molecule has 0 amide bonds. The van der Waals surface area contributed by atoms with Gasteiger partial charge in [-0.25, -0.2) is 15.0 Å². The van der Waals surface area contributed by atoms with Crippen LogP contribution in [0.25, 0.3) is 11.2 Å². The van der Waals surface area contributed by atoms with E-state index in [1.54, 1.807) is 11.8 Å². The first-order valence-electron chi connectivity index (χ1n) is 6.67. The first kappa shape index (κ1) is 15.4. The first-order chi connectivity index (χ1) is 10.6. The van der Waals surface area contributed by atoms with E-state index in [2.05, 4.69) is 15.0 Å². The molecule has 2 aromatic heterocycles. The van der Waals surface area contributed by atoms with Crippen molar-refractivity contribution in [2.75, 3.05) is 18.6 Å². The molecular weight excluding hydrogens is 310 g/mol. The fraction of sp³-hybridized carbons (Fsp3) is 0.583. The molecule has 1 aliphatic heterocycles. The van der Waals surface area contributed by atoms with Crippen LogP contribution < -0.4 is 5.73 Å². The van der Waals surface area contributed by atoms with E-state index in [4.69, 9.17) is 10.5 Å². The number of rotatable bonds is 4. The molecule has 10 heteroatoms. The van der Waals surface area contributed by atoms with Crippen molar-refractivity contribution in [3.05, 3.63) is 12.2 Å². The maximum absolute atomic E-state index is 10.1. The van der Waals surface area contributed by atoms with Crippen molar-refractivity contribution >= 4 is 28.7 Å². The molecule has 1 fully saturated rings. The van der Waals surface area contributed by atoms with E-state index in [1.165, 1.54) is 10.9 Å². The topological polar surface area (TPSA) is 140 Å². The largest absolute Gasteiger partial charge is 0.394 e. The molecule has 0 aromatic carbocycles. The van der Waals surface area contributed by atoms with Gasteiger partial charge in [-0.15, -0.1) is 0 Å². The molecule has 1 aliphatic rings. The van der Waals surface area contributed by atoms with Crippen LogP contribution >= 0.6 is 11.8 Å². The smallest absolute Gasteiger partial charge is 0.168 e. The van der Waals surface area contributed by atoms with Gasteiger partial charge in [0.1, 0.15) is 29.7 Å². The Hall–Kier alpha value is -1.46. The molecule has 3 heterocycles. The van der Waals surface area contributed by atoms with Crippen LogP contribution in [0, 0.1) is 0 Å². The number of nitrogen functional groups attached to an aromatic ring is 1. The summed E-state index contributed by atoms with van der Waals surface area (Å²) in [6, 6.07) is 0. The van der Waals surface area contributed by atoms with Crippen molar-refractivity contribution in [1.29, 1.82) is 0 Å². The molecule has 2 aromatic rings. The van der Waals surface area contributed by atoms with Gasteiger partial charge in [0.25, 0.3) is 0 Å². The third-order valence-corrected chi connectivity index (χ3v) is 4.11. The second-order valence-corrected chi connectivity index (χ2v) is 5.88. The lowest BCUT2D eigenvalue weighted by atomic mass is 10.1. The highest BCUT2D eigenvalue weighted by atomic mass is 32.2. The summed E-state index contributed by atoms with van der Waals surface area (Å²) in [7, 11) is 0. The molecule has 22 heavy (non-hydrogen) atoms. The van der Waals surface area contributed by atoms with Crippen molar-refractivity contribution in [2.24, 2.45) is 0 Å². The Morgan fingerprint density at radius 1 is 1.36 bits per heavy atom. The number of anilines is 1. The number of imidazole rings is 1. The molecule has 120 valence electrons. The Bertz CT molecular complexity index is 681. The van der Waals surface area contributed by atoms with Crippen LogP contribution in [0.5, 0.6) is 0 Å². The van der Waals surface area contributed by atoms with Gasteiger partial charge in [0.05, 0.1) is 18.7 Å². The Morgan fingerprint density at radius 3 is 2.77 bits per heavy atom. The van der Waals surface area contributed by atoms with Crippen LogP contribution in [0.3, 0.4) is 0 Å². The number of aliphatic hydroxyl groups excluding tert-OH is 3. The van der Waals surface area contributed by atoms with E-state index in [-0.39, 0.29) is 5.82 Å². The van der Waals surface area contributed by atoms with Crippen molar-refractivity contribution in [1.82, 2.24) is 19.5 Å². The number of aromatic nitrogens is 4. The van der Waals surface area contributed by atoms with Gasteiger partial charge in [-0.05, 0) is 6.26 Å². The molecule has 5 N–H and O–H groups in total. The lowest BCUT2D eigenvalue weighted by molar-refractivity contribution is -0.0511. The van der Waals surface area contributed by atoms with E-state index >= 15 is 0 Å². The van der Waals surface area contributed by atoms with Gasteiger partial charge in [-0.3, -0.25) is 4.57 Å². The Labute approximate surface area is 130 Å². The van der Waals surface area contributed by atoms with Gasteiger partial charge in [-0.2, -0.15) is 11.8 Å². The zero-order valence-corrected chi connectivity index (χ0v) is 12.6. The summed E-state index contributed by atoms with van der Waals surface area (Å²) >= 11 is 1.55. The third-order valence-electron chi connectivity index (χ3n) is 3.56. The summed E-state index contributed by atoms with van der Waals surface area (Å²) in [5.41, 5.74) is 6.71. The van der Waals surface area contributed by atoms with Crippen molar-refractivity contribution in [3.63, 3.8) is 0 Å². The van der Waals surface area contributed by atoms with Crippen molar-refractivity contribution < 1.29 is 20.1 Å². The SMILES string of the molecule is CSCc1nc(N)c2ncn([C@@H]3O[C@H](CO)C(O)C3O)c2n1. The number of ether oxygens (including phenoxy) is 1. The zero-order chi connectivity index (χ0) is 15.9. The predicted octanol–water partition coefficient (Wildman–Crippen LogP) is -1.12. The number of aliphatic hydroxyl groups is 3. The highest BCUT2D eigenvalue weighted by Gasteiger charge is 2.44. The maximum Gasteiger partial charge on any atom is 0.168 e. The predicted molar refractivity (Wildman–Crippen MR) is 80.0 cm³/mol. The van der Waals surface area contributed by atoms with Gasteiger partial charge in [-0.1, -0.05) is 0 Å². The average Bonchev–Trinajstić information content (AvgIpc) is 3.03. The lowest BCUT2D eigenvalue weighted by Crippen LogP contribution is -2.33. The van der Waals surface area contributed by atoms with E-state index in [1.807, 2.05) is 6.26 Å². The highest BCUT2D eigenvalue weighted by Crippen LogP contribution is 2.32. The Balaban J connectivity index is 2.04. The summed E-state index contributed by atoms with van der Waals surface area (Å²) in [6.07, 6.45) is -0.783. The molecular formula is C12H17N5O4S. The quantitative estimate of drug-likeness (QED) is 0.550. The highest BCUT2D eigenvalue weighted by molar-refractivity contribution is 7.97. The van der Waals surface area contributed by atoms with Crippen molar-refractivity contribution in [3.8, 4) is 0 Å². The van der Waals surface area contributed by atoms with Crippen LogP contribution in [0.2, 0.25) is 0 Å². The van der Waals surface area contributed by atoms with Gasteiger partial charge < -0.3 is 25.8 Å². The fourth-order valence-corrected chi connectivity index (χ4v) is 2.86. The summed E-state index contributed by atoms with van der Waals surface area (Å²) in [5, 5.41) is 29.2. The number of nitrogens with two attached hydrogens (primary N) is 1. The second kappa shape index (κ2) is 5.97. The number of hydrogen-bond acceptors (Lipinski definition) is 9. The molecule has 1 saturated heterocycles. The summed E-state index contributed by atoms with van der Waals surface area (Å²) in [5.74, 6) is 1.38. The third kappa shape index (κ3) is 2.42.